The van der Waals surface area contributed by atoms with E-state index < -0.39 is 10.0 Å². The molecular formula is C21H30N2O3S. The minimum Gasteiger partial charge on any atom is -0.493 e. The van der Waals surface area contributed by atoms with Gasteiger partial charge in [0.15, 0.2) is 0 Å². The second kappa shape index (κ2) is 6.75. The number of nitrogens with zero attached hydrogens (tertiary/aromatic N) is 2. The van der Waals surface area contributed by atoms with Gasteiger partial charge in [-0.2, -0.15) is 4.31 Å². The van der Waals surface area contributed by atoms with Crippen molar-refractivity contribution in [3.8, 4) is 5.75 Å². The Kier molecular flexibility index (Phi) is 4.49. The highest BCUT2D eigenvalue weighted by Crippen LogP contribution is 2.41. The molecule has 27 heavy (non-hydrogen) atoms. The number of fused-ring (bicyclic) bond motifs is 1. The van der Waals surface area contributed by atoms with Crippen LogP contribution in [0.4, 0.5) is 0 Å². The Morgan fingerprint density at radius 1 is 1.11 bits per heavy atom. The molecule has 6 heteroatoms. The number of rotatable bonds is 4. The summed E-state index contributed by atoms with van der Waals surface area (Å²) in [4.78, 5) is 3.05. The third kappa shape index (κ3) is 3.52. The molecule has 3 fully saturated rings. The molecule has 3 heterocycles. The largest absolute Gasteiger partial charge is 0.493 e. The summed E-state index contributed by atoms with van der Waals surface area (Å²) in [5, 5.41) is 0. The summed E-state index contributed by atoms with van der Waals surface area (Å²) in [6.45, 7) is 5.48. The lowest BCUT2D eigenvalue weighted by atomic mass is 9.74. The summed E-state index contributed by atoms with van der Waals surface area (Å²) in [6, 6.07) is 5.38. The Labute approximate surface area is 162 Å². The fraction of sp³-hybridized carbons (Fsp3) is 0.714. The molecule has 1 aromatic rings. The maximum atomic E-state index is 13.4. The van der Waals surface area contributed by atoms with Crippen LogP contribution in [0.15, 0.2) is 23.1 Å². The van der Waals surface area contributed by atoms with Crippen molar-refractivity contribution in [2.75, 3.05) is 39.3 Å². The van der Waals surface area contributed by atoms with Crippen LogP contribution in [-0.2, 0) is 16.4 Å². The van der Waals surface area contributed by atoms with Crippen LogP contribution in [0.5, 0.6) is 5.75 Å². The third-order valence-corrected chi connectivity index (χ3v) is 8.72. The van der Waals surface area contributed by atoms with Crippen molar-refractivity contribution in [1.82, 2.24) is 9.21 Å². The van der Waals surface area contributed by atoms with Gasteiger partial charge in [-0.1, -0.05) is 0 Å². The van der Waals surface area contributed by atoms with E-state index in [1.807, 2.05) is 12.1 Å². The molecule has 5 nitrogen and oxygen atoms in total. The number of ether oxygens (including phenoxy) is 1. The number of benzene rings is 1. The van der Waals surface area contributed by atoms with Gasteiger partial charge in [0.25, 0.3) is 0 Å². The molecule has 1 saturated carbocycles. The van der Waals surface area contributed by atoms with E-state index in [1.165, 1.54) is 32.4 Å². The second-order valence-electron chi connectivity index (χ2n) is 9.09. The van der Waals surface area contributed by atoms with Crippen LogP contribution < -0.4 is 4.74 Å². The molecule has 0 bridgehead atoms. The zero-order valence-electron chi connectivity index (χ0n) is 16.0. The lowest BCUT2D eigenvalue weighted by molar-refractivity contribution is 0.0379. The summed E-state index contributed by atoms with van der Waals surface area (Å²) in [5.74, 6) is 1.74. The molecule has 1 aliphatic carbocycles. The molecule has 0 aromatic heterocycles. The van der Waals surface area contributed by atoms with Gasteiger partial charge >= 0.3 is 0 Å². The van der Waals surface area contributed by atoms with E-state index in [-0.39, 0.29) is 5.41 Å². The van der Waals surface area contributed by atoms with Gasteiger partial charge in [0.1, 0.15) is 5.75 Å². The van der Waals surface area contributed by atoms with Crippen LogP contribution in [0.3, 0.4) is 0 Å². The van der Waals surface area contributed by atoms with Gasteiger partial charge in [0.05, 0.1) is 11.5 Å². The van der Waals surface area contributed by atoms with E-state index in [4.69, 9.17) is 4.74 Å². The van der Waals surface area contributed by atoms with Crippen LogP contribution >= 0.6 is 0 Å². The van der Waals surface area contributed by atoms with Crippen molar-refractivity contribution in [1.29, 1.82) is 0 Å². The summed E-state index contributed by atoms with van der Waals surface area (Å²) in [6.07, 6.45) is 8.08. The quantitative estimate of drug-likeness (QED) is 0.793. The fourth-order valence-electron chi connectivity index (χ4n) is 5.30. The molecule has 1 spiro atoms. The van der Waals surface area contributed by atoms with Gasteiger partial charge in [-0.3, -0.25) is 0 Å². The summed E-state index contributed by atoms with van der Waals surface area (Å²) in [7, 11) is -3.43. The maximum absolute atomic E-state index is 13.4. The normalized spacial score (nSPS) is 29.6. The van der Waals surface area contributed by atoms with E-state index in [0.717, 1.165) is 49.5 Å². The van der Waals surface area contributed by atoms with Crippen LogP contribution in [0.25, 0.3) is 0 Å². The van der Waals surface area contributed by atoms with E-state index in [2.05, 4.69) is 4.90 Å². The van der Waals surface area contributed by atoms with Crippen molar-refractivity contribution in [3.63, 3.8) is 0 Å². The molecule has 2 saturated heterocycles. The smallest absolute Gasteiger partial charge is 0.243 e. The number of piperidine rings is 2. The first kappa shape index (κ1) is 18.0. The molecule has 0 N–H and O–H groups in total. The molecule has 5 rings (SSSR count). The number of sulfonamides is 1. The summed E-state index contributed by atoms with van der Waals surface area (Å²) in [5.41, 5.74) is 1.18. The zero-order valence-corrected chi connectivity index (χ0v) is 16.8. The Bertz CT molecular complexity index is 817. The van der Waals surface area contributed by atoms with E-state index in [9.17, 15) is 8.42 Å². The van der Waals surface area contributed by atoms with Crippen LogP contribution in [0.1, 0.15) is 44.1 Å². The van der Waals surface area contributed by atoms with E-state index >= 15 is 0 Å². The van der Waals surface area contributed by atoms with Crippen molar-refractivity contribution >= 4 is 10.0 Å². The predicted octanol–water partition coefficient (Wildman–Crippen LogP) is 2.90. The predicted molar refractivity (Wildman–Crippen MR) is 104 cm³/mol. The SMILES string of the molecule is O=S(=O)(c1ccc2c(c1)CCO2)N1CCCC2(CCCN(CC3CC3)C2)C1. The van der Waals surface area contributed by atoms with E-state index in [1.54, 1.807) is 10.4 Å². The van der Waals surface area contributed by atoms with Gasteiger partial charge < -0.3 is 9.64 Å². The van der Waals surface area contributed by atoms with Crippen LogP contribution in [0.2, 0.25) is 0 Å². The molecule has 3 aliphatic heterocycles. The minimum absolute atomic E-state index is 0.151. The third-order valence-electron chi connectivity index (χ3n) is 6.88. The van der Waals surface area contributed by atoms with Gasteiger partial charge in [-0.15, -0.1) is 0 Å². The standard InChI is InChI=1S/C21H30N2O3S/c24-27(25,19-5-6-20-18(13-19)7-12-26-20)23-11-2-9-21(16-23)8-1-10-22(15-21)14-17-3-4-17/h5-6,13,17H,1-4,7-12,14-16H2. The number of hydrogen-bond acceptors (Lipinski definition) is 4. The van der Waals surface area contributed by atoms with Crippen LogP contribution in [0, 0.1) is 11.3 Å². The average Bonchev–Trinajstić information content (AvgIpc) is 3.34. The summed E-state index contributed by atoms with van der Waals surface area (Å²) >= 11 is 0. The minimum atomic E-state index is -3.43. The summed E-state index contributed by atoms with van der Waals surface area (Å²) < 4.78 is 34.0. The molecule has 148 valence electrons. The second-order valence-corrected chi connectivity index (χ2v) is 11.0. The van der Waals surface area contributed by atoms with Crippen molar-refractivity contribution in [2.45, 2.75) is 49.8 Å². The van der Waals surface area contributed by atoms with E-state index in [0.29, 0.717) is 24.6 Å². The molecule has 4 aliphatic rings. The number of likely N-dealkylation sites (tertiary alicyclic amines) is 1. The molecule has 1 aromatic carbocycles. The lowest BCUT2D eigenvalue weighted by Gasteiger charge is -2.48. The molecular weight excluding hydrogens is 360 g/mol. The van der Waals surface area contributed by atoms with Crippen LogP contribution in [-0.4, -0.2) is 57.0 Å². The van der Waals surface area contributed by atoms with Gasteiger partial charge in [0, 0.05) is 32.6 Å². The maximum Gasteiger partial charge on any atom is 0.243 e. The Morgan fingerprint density at radius 2 is 1.93 bits per heavy atom. The highest BCUT2D eigenvalue weighted by atomic mass is 32.2. The number of hydrogen-bond donors (Lipinski definition) is 0. The Balaban J connectivity index is 1.35. The Morgan fingerprint density at radius 3 is 2.74 bits per heavy atom. The molecule has 1 unspecified atom stereocenters. The van der Waals surface area contributed by atoms with Crippen molar-refractivity contribution < 1.29 is 13.2 Å². The topological polar surface area (TPSA) is 49.9 Å². The monoisotopic (exact) mass is 390 g/mol. The fourth-order valence-corrected chi connectivity index (χ4v) is 6.95. The first-order valence-electron chi connectivity index (χ1n) is 10.5. The van der Waals surface area contributed by atoms with Crippen molar-refractivity contribution in [3.05, 3.63) is 23.8 Å². The van der Waals surface area contributed by atoms with Gasteiger partial charge in [-0.25, -0.2) is 8.42 Å². The van der Waals surface area contributed by atoms with Gasteiger partial charge in [-0.05, 0) is 80.2 Å². The molecule has 1 atom stereocenters. The molecule has 0 radical (unpaired) electrons. The highest BCUT2D eigenvalue weighted by Gasteiger charge is 2.43. The first-order chi connectivity index (χ1) is 13.0. The van der Waals surface area contributed by atoms with Gasteiger partial charge in [0.2, 0.25) is 10.0 Å². The first-order valence-corrected chi connectivity index (χ1v) is 12.0. The molecule has 0 amide bonds. The zero-order chi connectivity index (χ0) is 18.5. The van der Waals surface area contributed by atoms with Crippen molar-refractivity contribution in [2.24, 2.45) is 11.3 Å². The average molecular weight is 391 g/mol. The Hall–Kier alpha value is -1.11. The lowest BCUT2D eigenvalue weighted by Crippen LogP contribution is -2.53. The highest BCUT2D eigenvalue weighted by molar-refractivity contribution is 7.89.